The van der Waals surface area contributed by atoms with Crippen LogP contribution >= 0.6 is 0 Å². The van der Waals surface area contributed by atoms with Gasteiger partial charge in [0, 0.05) is 33.8 Å². The largest absolute Gasteiger partial charge is 0.378 e. The van der Waals surface area contributed by atoms with Gasteiger partial charge in [0.25, 0.3) is 0 Å². The highest BCUT2D eigenvalue weighted by molar-refractivity contribution is 4.89. The van der Waals surface area contributed by atoms with Gasteiger partial charge in [-0.25, -0.2) is 0 Å². The number of hydrogen-bond acceptors (Lipinski definition) is 5. The molecule has 0 spiro atoms. The molecular formula is C11H23NO4. The molecule has 5 heteroatoms. The second-order valence-corrected chi connectivity index (χ2v) is 4.10. The standard InChI is InChI=1S/C11H23NO4/c1-7-8(6-12-2)16-11(15-5)10(14-4)9(7)13-3/h7-12H,6H2,1-5H3. The van der Waals surface area contributed by atoms with Crippen LogP contribution in [0.3, 0.4) is 0 Å². The molecule has 0 aromatic rings. The van der Waals surface area contributed by atoms with E-state index in [-0.39, 0.29) is 30.5 Å². The fourth-order valence-corrected chi connectivity index (χ4v) is 2.26. The van der Waals surface area contributed by atoms with Gasteiger partial charge in [-0.05, 0) is 7.05 Å². The van der Waals surface area contributed by atoms with Crippen molar-refractivity contribution in [1.82, 2.24) is 5.32 Å². The first-order chi connectivity index (χ1) is 7.69. The van der Waals surface area contributed by atoms with Crippen LogP contribution in [-0.2, 0) is 18.9 Å². The normalized spacial score (nSPS) is 39.9. The minimum Gasteiger partial charge on any atom is -0.378 e. The first-order valence-electron chi connectivity index (χ1n) is 5.58. The van der Waals surface area contributed by atoms with Crippen molar-refractivity contribution in [2.24, 2.45) is 5.92 Å². The predicted molar refractivity (Wildman–Crippen MR) is 60.4 cm³/mol. The van der Waals surface area contributed by atoms with Crippen molar-refractivity contribution in [2.45, 2.75) is 31.5 Å². The van der Waals surface area contributed by atoms with E-state index in [4.69, 9.17) is 18.9 Å². The molecule has 1 saturated heterocycles. The van der Waals surface area contributed by atoms with E-state index >= 15 is 0 Å². The lowest BCUT2D eigenvalue weighted by atomic mass is 9.90. The van der Waals surface area contributed by atoms with Crippen molar-refractivity contribution < 1.29 is 18.9 Å². The minimum absolute atomic E-state index is 0.0120. The number of ether oxygens (including phenoxy) is 4. The molecule has 1 N–H and O–H groups in total. The molecular weight excluding hydrogens is 210 g/mol. The molecule has 1 aliphatic heterocycles. The van der Waals surface area contributed by atoms with Crippen LogP contribution in [0.15, 0.2) is 0 Å². The highest BCUT2D eigenvalue weighted by atomic mass is 16.7. The van der Waals surface area contributed by atoms with Crippen molar-refractivity contribution in [1.29, 1.82) is 0 Å². The first kappa shape index (κ1) is 13.9. The van der Waals surface area contributed by atoms with Gasteiger partial charge in [0.2, 0.25) is 0 Å². The monoisotopic (exact) mass is 233 g/mol. The summed E-state index contributed by atoms with van der Waals surface area (Å²) in [6, 6.07) is 0. The summed E-state index contributed by atoms with van der Waals surface area (Å²) in [6.45, 7) is 2.88. The van der Waals surface area contributed by atoms with Crippen LogP contribution < -0.4 is 5.32 Å². The quantitative estimate of drug-likeness (QED) is 0.737. The van der Waals surface area contributed by atoms with Gasteiger partial charge in [-0.15, -0.1) is 0 Å². The second-order valence-electron chi connectivity index (χ2n) is 4.10. The fourth-order valence-electron chi connectivity index (χ4n) is 2.26. The Morgan fingerprint density at radius 2 is 1.69 bits per heavy atom. The Balaban J connectivity index is 2.76. The summed E-state index contributed by atoms with van der Waals surface area (Å²) in [7, 11) is 6.87. The zero-order valence-electron chi connectivity index (χ0n) is 10.7. The molecule has 0 aromatic heterocycles. The topological polar surface area (TPSA) is 49.0 Å². The highest BCUT2D eigenvalue weighted by Crippen LogP contribution is 2.29. The molecule has 5 atom stereocenters. The fraction of sp³-hybridized carbons (Fsp3) is 1.00. The van der Waals surface area contributed by atoms with E-state index in [0.29, 0.717) is 0 Å². The van der Waals surface area contributed by atoms with E-state index in [1.54, 1.807) is 21.3 Å². The molecule has 5 unspecified atom stereocenters. The molecule has 96 valence electrons. The van der Waals surface area contributed by atoms with Crippen molar-refractivity contribution in [2.75, 3.05) is 34.9 Å². The highest BCUT2D eigenvalue weighted by Gasteiger charge is 2.44. The van der Waals surface area contributed by atoms with Gasteiger partial charge in [0.15, 0.2) is 6.29 Å². The van der Waals surface area contributed by atoms with Crippen molar-refractivity contribution >= 4 is 0 Å². The third kappa shape index (κ3) is 2.73. The summed E-state index contributed by atoms with van der Waals surface area (Å²) in [6.07, 6.45) is -0.490. The van der Waals surface area contributed by atoms with Crippen LogP contribution in [0.5, 0.6) is 0 Å². The lowest BCUT2D eigenvalue weighted by molar-refractivity contribution is -0.283. The molecule has 1 rings (SSSR count). The first-order valence-corrected chi connectivity index (χ1v) is 5.58. The van der Waals surface area contributed by atoms with E-state index in [2.05, 4.69) is 12.2 Å². The van der Waals surface area contributed by atoms with E-state index in [9.17, 15) is 0 Å². The van der Waals surface area contributed by atoms with Gasteiger partial charge in [-0.1, -0.05) is 6.92 Å². The molecule has 0 radical (unpaired) electrons. The smallest absolute Gasteiger partial charge is 0.186 e. The summed E-state index contributed by atoms with van der Waals surface area (Å²) in [5, 5.41) is 3.11. The van der Waals surface area contributed by atoms with Gasteiger partial charge >= 0.3 is 0 Å². The molecule has 1 aliphatic rings. The zero-order valence-corrected chi connectivity index (χ0v) is 10.7. The lowest BCUT2D eigenvalue weighted by Gasteiger charge is -2.43. The maximum Gasteiger partial charge on any atom is 0.186 e. The summed E-state index contributed by atoms with van der Waals surface area (Å²) < 4.78 is 22.0. The number of nitrogens with one attached hydrogen (secondary N) is 1. The number of hydrogen-bond donors (Lipinski definition) is 1. The molecule has 1 heterocycles. The van der Waals surface area contributed by atoms with Crippen LogP contribution in [0.4, 0.5) is 0 Å². The van der Waals surface area contributed by atoms with Crippen molar-refractivity contribution in [3.63, 3.8) is 0 Å². The second kappa shape index (κ2) is 6.51. The van der Waals surface area contributed by atoms with Gasteiger partial charge < -0.3 is 24.3 Å². The van der Waals surface area contributed by atoms with Crippen LogP contribution in [0.2, 0.25) is 0 Å². The summed E-state index contributed by atoms with van der Waals surface area (Å²) in [4.78, 5) is 0. The Morgan fingerprint density at radius 3 is 2.12 bits per heavy atom. The summed E-state index contributed by atoms with van der Waals surface area (Å²) in [5.74, 6) is 0.258. The van der Waals surface area contributed by atoms with Crippen LogP contribution in [-0.4, -0.2) is 59.5 Å². The third-order valence-corrected chi connectivity index (χ3v) is 3.19. The van der Waals surface area contributed by atoms with E-state index in [0.717, 1.165) is 6.54 Å². The maximum absolute atomic E-state index is 5.83. The molecule has 0 bridgehead atoms. The Bertz CT molecular complexity index is 202. The van der Waals surface area contributed by atoms with E-state index in [1.807, 2.05) is 7.05 Å². The van der Waals surface area contributed by atoms with Crippen molar-refractivity contribution in [3.05, 3.63) is 0 Å². The predicted octanol–water partition coefficient (Wildman–Crippen LogP) is 0.243. The number of rotatable bonds is 5. The van der Waals surface area contributed by atoms with Crippen LogP contribution in [0, 0.1) is 5.92 Å². The SMILES string of the molecule is CNCC1OC(OC)C(OC)C(OC)C1C. The molecule has 1 fully saturated rings. The number of likely N-dealkylation sites (N-methyl/N-ethyl adjacent to an activating group) is 1. The Morgan fingerprint density at radius 1 is 1.06 bits per heavy atom. The van der Waals surface area contributed by atoms with Crippen molar-refractivity contribution in [3.8, 4) is 0 Å². The van der Waals surface area contributed by atoms with Gasteiger partial charge in [-0.3, -0.25) is 0 Å². The lowest BCUT2D eigenvalue weighted by Crippen LogP contribution is -2.57. The molecule has 5 nitrogen and oxygen atoms in total. The Kier molecular flexibility index (Phi) is 5.64. The van der Waals surface area contributed by atoms with Crippen LogP contribution in [0.1, 0.15) is 6.92 Å². The number of methoxy groups -OCH3 is 3. The molecule has 0 amide bonds. The third-order valence-electron chi connectivity index (χ3n) is 3.19. The Hall–Kier alpha value is -0.200. The van der Waals surface area contributed by atoms with Crippen LogP contribution in [0.25, 0.3) is 0 Å². The summed E-state index contributed by atoms with van der Waals surface area (Å²) >= 11 is 0. The Labute approximate surface area is 97.4 Å². The zero-order chi connectivity index (χ0) is 12.1. The minimum atomic E-state index is -0.371. The molecule has 16 heavy (non-hydrogen) atoms. The summed E-state index contributed by atoms with van der Waals surface area (Å²) in [5.41, 5.74) is 0. The van der Waals surface area contributed by atoms with E-state index in [1.165, 1.54) is 0 Å². The maximum atomic E-state index is 5.83. The van der Waals surface area contributed by atoms with Gasteiger partial charge in [0.1, 0.15) is 6.10 Å². The van der Waals surface area contributed by atoms with Gasteiger partial charge in [-0.2, -0.15) is 0 Å². The van der Waals surface area contributed by atoms with E-state index < -0.39 is 0 Å². The molecule has 0 aliphatic carbocycles. The average Bonchev–Trinajstić information content (AvgIpc) is 2.31. The molecule has 0 saturated carbocycles. The molecule has 0 aromatic carbocycles. The van der Waals surface area contributed by atoms with Gasteiger partial charge in [0.05, 0.1) is 12.2 Å². The average molecular weight is 233 g/mol.